The first-order chi connectivity index (χ1) is 11.1. The second-order valence-electron chi connectivity index (χ2n) is 5.79. The average molecular weight is 345 g/mol. The topological polar surface area (TPSA) is 63.3 Å². The lowest BCUT2D eigenvalue weighted by molar-refractivity contribution is 0.357. The first kappa shape index (κ1) is 17.6. The molecule has 0 saturated carbocycles. The van der Waals surface area contributed by atoms with E-state index in [0.717, 1.165) is 22.8 Å². The monoisotopic (exact) mass is 344 g/mol. The number of hydrogen-bond acceptors (Lipinski definition) is 6. The first-order valence-electron chi connectivity index (χ1n) is 7.31. The average Bonchev–Trinajstić information content (AvgIpc) is 2.56. The zero-order valence-electron chi connectivity index (χ0n) is 13.0. The van der Waals surface area contributed by atoms with Gasteiger partial charge in [-0.05, 0) is 55.0 Å². The highest BCUT2D eigenvalue weighted by Crippen LogP contribution is 2.25. The van der Waals surface area contributed by atoms with Crippen LogP contribution in [0.15, 0.2) is 52.5 Å². The molecule has 3 N–H and O–H groups in total. The van der Waals surface area contributed by atoms with Gasteiger partial charge in [-0.25, -0.2) is 4.98 Å². The smallest absolute Gasteiger partial charge is 0.139 e. The normalized spacial score (nSPS) is 13.0. The number of nitrogens with two attached hydrogens (primary N) is 1. The molecule has 0 saturated heterocycles. The first-order valence-corrected chi connectivity index (χ1v) is 8.16. The van der Waals surface area contributed by atoms with Gasteiger partial charge in [0.2, 0.25) is 0 Å². The van der Waals surface area contributed by atoms with Gasteiger partial charge >= 0.3 is 0 Å². The van der Waals surface area contributed by atoms with Crippen LogP contribution in [0.3, 0.4) is 0 Å². The van der Waals surface area contributed by atoms with E-state index >= 15 is 0 Å². The zero-order valence-corrected chi connectivity index (χ0v) is 14.7. The lowest BCUT2D eigenvalue weighted by atomic mass is 9.83. The summed E-state index contributed by atoms with van der Waals surface area (Å²) in [4.78, 5) is 9.09. The molecule has 0 bridgehead atoms. The van der Waals surface area contributed by atoms with Crippen LogP contribution in [0.5, 0.6) is 0 Å². The Kier molecular flexibility index (Phi) is 6.30. The maximum absolute atomic E-state index is 6.01. The Morgan fingerprint density at radius 2 is 2.09 bits per heavy atom. The van der Waals surface area contributed by atoms with Crippen LogP contribution >= 0.6 is 24.8 Å². The van der Waals surface area contributed by atoms with E-state index in [2.05, 4.69) is 52.2 Å². The van der Waals surface area contributed by atoms with E-state index in [4.69, 9.17) is 5.73 Å². The molecule has 0 radical (unpaired) electrons. The molecule has 1 atom stereocenters. The Labute approximate surface area is 147 Å². The van der Waals surface area contributed by atoms with Crippen LogP contribution in [0.2, 0.25) is 0 Å². The van der Waals surface area contributed by atoms with Gasteiger partial charge in [-0.3, -0.25) is 0 Å². The molecule has 1 unspecified atom stereocenters. The number of rotatable bonds is 7. The van der Waals surface area contributed by atoms with E-state index < -0.39 is 0 Å². The molecule has 0 aliphatic rings. The molecule has 0 fully saturated rings. The molecular weight excluding hydrogens is 324 g/mol. The van der Waals surface area contributed by atoms with Crippen molar-refractivity contribution in [3.8, 4) is 0 Å². The van der Waals surface area contributed by atoms with Crippen molar-refractivity contribution >= 4 is 41.5 Å². The summed E-state index contributed by atoms with van der Waals surface area (Å²) in [6.45, 7) is 3.44. The molecule has 120 valence electrons. The van der Waals surface area contributed by atoms with Crippen LogP contribution in [0.25, 0.3) is 0 Å². The summed E-state index contributed by atoms with van der Waals surface area (Å²) < 4.78 is 0. The van der Waals surface area contributed by atoms with Crippen molar-refractivity contribution in [1.82, 2.24) is 4.98 Å². The predicted octanol–water partition coefficient (Wildman–Crippen LogP) is 3.72. The number of thiol groups is 1. The van der Waals surface area contributed by atoms with Gasteiger partial charge in [0.25, 0.3) is 0 Å². The largest absolute Gasteiger partial charge is 0.369 e. The maximum atomic E-state index is 6.01. The van der Waals surface area contributed by atoms with Gasteiger partial charge in [0, 0.05) is 23.1 Å². The quantitative estimate of drug-likeness (QED) is 0.407. The molecule has 0 aliphatic heterocycles. The fourth-order valence-corrected chi connectivity index (χ4v) is 2.60. The van der Waals surface area contributed by atoms with Gasteiger partial charge in [-0.2, -0.15) is 4.99 Å². The Morgan fingerprint density at radius 3 is 2.70 bits per heavy atom. The van der Waals surface area contributed by atoms with Gasteiger partial charge in [0.05, 0.1) is 10.8 Å². The molecule has 1 aromatic carbocycles. The van der Waals surface area contributed by atoms with Crippen molar-refractivity contribution < 1.29 is 0 Å². The molecule has 1 aromatic heterocycles. The van der Waals surface area contributed by atoms with Gasteiger partial charge in [-0.15, -0.1) is 12.6 Å². The minimum atomic E-state index is -0.0906. The van der Waals surface area contributed by atoms with E-state index in [-0.39, 0.29) is 5.41 Å². The Morgan fingerprint density at radius 1 is 1.35 bits per heavy atom. The Bertz CT molecular complexity index is 696. The van der Waals surface area contributed by atoms with Crippen LogP contribution in [-0.2, 0) is 6.42 Å². The van der Waals surface area contributed by atoms with Crippen LogP contribution in [0.4, 0.5) is 11.5 Å². The standard InChI is InChI=1S/C17H20N4S2/c1-17(10-18,11-20-16-15(23)3-2-8-19-16)9-13-4-6-14(7-5-13)21-12-22/h2-8,23H,9-11,18H2,1H3,(H,19,20). The van der Waals surface area contributed by atoms with Crippen molar-refractivity contribution in [3.63, 3.8) is 0 Å². The minimum absolute atomic E-state index is 0.0906. The van der Waals surface area contributed by atoms with Crippen LogP contribution < -0.4 is 11.1 Å². The number of pyridine rings is 1. The summed E-state index contributed by atoms with van der Waals surface area (Å²) in [7, 11) is 0. The molecule has 6 heteroatoms. The molecule has 0 amide bonds. The Balaban J connectivity index is 2.04. The van der Waals surface area contributed by atoms with E-state index in [1.165, 1.54) is 5.56 Å². The lowest BCUT2D eigenvalue weighted by Gasteiger charge is -2.29. The number of hydrogen-bond donors (Lipinski definition) is 3. The van der Waals surface area contributed by atoms with Crippen LogP contribution in [0, 0.1) is 5.41 Å². The highest BCUT2D eigenvalue weighted by Gasteiger charge is 2.23. The number of isothiocyanates is 1. The summed E-state index contributed by atoms with van der Waals surface area (Å²) in [5.41, 5.74) is 7.94. The van der Waals surface area contributed by atoms with Gasteiger partial charge in [-0.1, -0.05) is 19.1 Å². The number of nitrogens with one attached hydrogen (secondary N) is 1. The fraction of sp³-hybridized carbons (Fsp3) is 0.294. The van der Waals surface area contributed by atoms with E-state index in [1.54, 1.807) is 6.20 Å². The molecule has 23 heavy (non-hydrogen) atoms. The third-order valence-electron chi connectivity index (χ3n) is 3.70. The predicted molar refractivity (Wildman–Crippen MR) is 102 cm³/mol. The number of nitrogens with zero attached hydrogens (tertiary/aromatic N) is 2. The van der Waals surface area contributed by atoms with Gasteiger partial charge in [0.1, 0.15) is 5.82 Å². The summed E-state index contributed by atoms with van der Waals surface area (Å²) in [6, 6.07) is 11.7. The number of thiocarbonyl (C=S) groups is 1. The van der Waals surface area contributed by atoms with Crippen molar-refractivity contribution in [3.05, 3.63) is 48.2 Å². The molecule has 2 aromatic rings. The minimum Gasteiger partial charge on any atom is -0.369 e. The zero-order chi connectivity index (χ0) is 16.7. The highest BCUT2D eigenvalue weighted by atomic mass is 32.1. The van der Waals surface area contributed by atoms with Crippen molar-refractivity contribution in [2.75, 3.05) is 18.4 Å². The molecule has 4 nitrogen and oxygen atoms in total. The second-order valence-corrected chi connectivity index (χ2v) is 6.45. The summed E-state index contributed by atoms with van der Waals surface area (Å²) >= 11 is 9.02. The fourth-order valence-electron chi connectivity index (χ4n) is 2.27. The van der Waals surface area contributed by atoms with E-state index in [0.29, 0.717) is 13.1 Å². The molecule has 0 aliphatic carbocycles. The van der Waals surface area contributed by atoms with Crippen LogP contribution in [-0.4, -0.2) is 23.2 Å². The number of benzene rings is 1. The summed E-state index contributed by atoms with van der Waals surface area (Å²) in [6.07, 6.45) is 2.60. The number of aromatic nitrogens is 1. The van der Waals surface area contributed by atoms with Crippen molar-refractivity contribution in [2.45, 2.75) is 18.2 Å². The molecule has 0 spiro atoms. The third-order valence-corrected chi connectivity index (χ3v) is 4.16. The van der Waals surface area contributed by atoms with E-state index in [1.807, 2.05) is 36.4 Å². The summed E-state index contributed by atoms with van der Waals surface area (Å²) in [5.74, 6) is 0.779. The van der Waals surface area contributed by atoms with Crippen LogP contribution in [0.1, 0.15) is 12.5 Å². The van der Waals surface area contributed by atoms with Gasteiger partial charge < -0.3 is 11.1 Å². The van der Waals surface area contributed by atoms with Crippen molar-refractivity contribution in [1.29, 1.82) is 0 Å². The SMILES string of the molecule is CC(CN)(CNc1ncccc1S)Cc1ccc(N=C=S)cc1. The molecule has 2 rings (SSSR count). The Hall–Kier alpha value is -1.72. The number of anilines is 1. The maximum Gasteiger partial charge on any atom is 0.139 e. The second kappa shape index (κ2) is 8.22. The third kappa shape index (κ3) is 5.15. The van der Waals surface area contributed by atoms with E-state index in [9.17, 15) is 0 Å². The molecular formula is C17H20N4S2. The van der Waals surface area contributed by atoms with Gasteiger partial charge in [0.15, 0.2) is 0 Å². The molecule has 1 heterocycles. The van der Waals surface area contributed by atoms with Crippen molar-refractivity contribution in [2.24, 2.45) is 16.1 Å². The highest BCUT2D eigenvalue weighted by molar-refractivity contribution is 7.80. The lowest BCUT2D eigenvalue weighted by Crippen LogP contribution is -2.36. The number of aliphatic imine (C=N–C) groups is 1. The summed E-state index contributed by atoms with van der Waals surface area (Å²) in [5, 5.41) is 5.72.